The lowest BCUT2D eigenvalue weighted by Gasteiger charge is -2.28. The summed E-state index contributed by atoms with van der Waals surface area (Å²) in [6.45, 7) is 1.74. The van der Waals surface area contributed by atoms with E-state index in [2.05, 4.69) is 0 Å². The van der Waals surface area contributed by atoms with Crippen LogP contribution in [-0.2, 0) is 0 Å². The Morgan fingerprint density at radius 3 is 2.16 bits per heavy atom. The van der Waals surface area contributed by atoms with Crippen LogP contribution in [0.1, 0.15) is 49.7 Å². The third-order valence-corrected chi connectivity index (χ3v) is 4.87. The topological polar surface area (TPSA) is 0 Å². The SMILES string of the molecule is CC=Cc1ccc(-c2ccc(C3CCC(F)(F)CC3)cc2)c(F)c1F. The zero-order valence-corrected chi connectivity index (χ0v) is 14.0. The third-order valence-electron chi connectivity index (χ3n) is 4.87. The van der Waals surface area contributed by atoms with E-state index in [1.807, 2.05) is 12.1 Å². The second kappa shape index (κ2) is 7.03. The lowest BCUT2D eigenvalue weighted by molar-refractivity contribution is -0.0382. The molecular weight excluding hydrogens is 328 g/mol. The van der Waals surface area contributed by atoms with Gasteiger partial charge >= 0.3 is 0 Å². The molecule has 0 saturated heterocycles. The number of rotatable bonds is 3. The van der Waals surface area contributed by atoms with Gasteiger partial charge in [0.2, 0.25) is 5.92 Å². The predicted molar refractivity (Wildman–Crippen MR) is 92.7 cm³/mol. The maximum Gasteiger partial charge on any atom is 0.248 e. The van der Waals surface area contributed by atoms with Crippen molar-refractivity contribution in [3.63, 3.8) is 0 Å². The first-order valence-electron chi connectivity index (χ1n) is 8.50. The van der Waals surface area contributed by atoms with Gasteiger partial charge in [-0.25, -0.2) is 17.6 Å². The van der Waals surface area contributed by atoms with E-state index in [9.17, 15) is 17.6 Å². The molecule has 0 nitrogen and oxygen atoms in total. The normalized spacial score (nSPS) is 18.0. The highest BCUT2D eigenvalue weighted by Crippen LogP contribution is 2.41. The Kier molecular flexibility index (Phi) is 4.98. The van der Waals surface area contributed by atoms with E-state index in [0.29, 0.717) is 18.4 Å². The Hall–Kier alpha value is -2.10. The van der Waals surface area contributed by atoms with Gasteiger partial charge in [0.15, 0.2) is 11.6 Å². The van der Waals surface area contributed by atoms with Gasteiger partial charge < -0.3 is 0 Å². The molecule has 0 unspecified atom stereocenters. The molecule has 0 spiro atoms. The summed E-state index contributed by atoms with van der Waals surface area (Å²) in [6, 6.07) is 10.2. The Morgan fingerprint density at radius 1 is 0.920 bits per heavy atom. The highest BCUT2D eigenvalue weighted by Gasteiger charge is 2.35. The molecule has 1 aliphatic rings. The molecule has 0 bridgehead atoms. The van der Waals surface area contributed by atoms with Crippen LogP contribution in [-0.4, -0.2) is 5.92 Å². The average Bonchev–Trinajstić information content (AvgIpc) is 2.60. The van der Waals surface area contributed by atoms with Crippen LogP contribution in [0.5, 0.6) is 0 Å². The van der Waals surface area contributed by atoms with Crippen molar-refractivity contribution in [2.75, 3.05) is 0 Å². The van der Waals surface area contributed by atoms with Gasteiger partial charge in [0.1, 0.15) is 0 Å². The highest BCUT2D eigenvalue weighted by molar-refractivity contribution is 5.67. The van der Waals surface area contributed by atoms with Crippen LogP contribution in [0.4, 0.5) is 17.6 Å². The molecule has 0 heterocycles. The maximum atomic E-state index is 14.3. The Morgan fingerprint density at radius 2 is 1.56 bits per heavy atom. The largest absolute Gasteiger partial charge is 0.248 e. The van der Waals surface area contributed by atoms with E-state index in [1.165, 1.54) is 6.08 Å². The molecule has 0 radical (unpaired) electrons. The van der Waals surface area contributed by atoms with E-state index in [0.717, 1.165) is 5.56 Å². The zero-order chi connectivity index (χ0) is 18.0. The van der Waals surface area contributed by atoms with Crippen LogP contribution in [0.3, 0.4) is 0 Å². The van der Waals surface area contributed by atoms with E-state index in [-0.39, 0.29) is 29.9 Å². The van der Waals surface area contributed by atoms with Gasteiger partial charge in [-0.15, -0.1) is 0 Å². The Labute approximate surface area is 145 Å². The van der Waals surface area contributed by atoms with Crippen LogP contribution >= 0.6 is 0 Å². The van der Waals surface area contributed by atoms with Gasteiger partial charge in [-0.2, -0.15) is 0 Å². The van der Waals surface area contributed by atoms with Gasteiger partial charge in [-0.1, -0.05) is 48.6 Å². The van der Waals surface area contributed by atoms with Crippen molar-refractivity contribution in [3.05, 3.63) is 65.2 Å². The molecule has 25 heavy (non-hydrogen) atoms. The quantitative estimate of drug-likeness (QED) is 0.526. The summed E-state index contributed by atoms with van der Waals surface area (Å²) in [4.78, 5) is 0. The first-order chi connectivity index (χ1) is 11.9. The zero-order valence-electron chi connectivity index (χ0n) is 14.0. The summed E-state index contributed by atoms with van der Waals surface area (Å²) in [5, 5.41) is 0. The van der Waals surface area contributed by atoms with E-state index in [1.54, 1.807) is 37.3 Å². The number of alkyl halides is 2. The molecule has 132 valence electrons. The molecule has 0 aromatic heterocycles. The van der Waals surface area contributed by atoms with Crippen LogP contribution in [0.2, 0.25) is 0 Å². The summed E-state index contributed by atoms with van der Waals surface area (Å²) in [7, 11) is 0. The van der Waals surface area contributed by atoms with Gasteiger partial charge in [-0.05, 0) is 36.8 Å². The first-order valence-corrected chi connectivity index (χ1v) is 8.50. The third kappa shape index (κ3) is 3.78. The first kappa shape index (κ1) is 17.7. The smallest absolute Gasteiger partial charge is 0.207 e. The molecule has 1 fully saturated rings. The van der Waals surface area contributed by atoms with Crippen molar-refractivity contribution in [2.24, 2.45) is 0 Å². The highest BCUT2D eigenvalue weighted by atomic mass is 19.3. The average molecular weight is 348 g/mol. The van der Waals surface area contributed by atoms with Crippen molar-refractivity contribution in [2.45, 2.75) is 44.4 Å². The van der Waals surface area contributed by atoms with E-state index < -0.39 is 17.6 Å². The van der Waals surface area contributed by atoms with Gasteiger partial charge in [0.05, 0.1) is 0 Å². The predicted octanol–water partition coefficient (Wildman–Crippen LogP) is 6.96. The number of benzene rings is 2. The Balaban J connectivity index is 1.82. The van der Waals surface area contributed by atoms with E-state index in [4.69, 9.17) is 0 Å². The molecular formula is C21H20F4. The van der Waals surface area contributed by atoms with Crippen LogP contribution in [0, 0.1) is 11.6 Å². The van der Waals surface area contributed by atoms with Crippen LogP contribution < -0.4 is 0 Å². The second-order valence-corrected chi connectivity index (χ2v) is 6.58. The van der Waals surface area contributed by atoms with E-state index >= 15 is 0 Å². The fraction of sp³-hybridized carbons (Fsp3) is 0.333. The van der Waals surface area contributed by atoms with Crippen LogP contribution in [0.15, 0.2) is 42.5 Å². The lowest BCUT2D eigenvalue weighted by Crippen LogP contribution is -2.23. The Bertz CT molecular complexity index is 765. The van der Waals surface area contributed by atoms with Crippen molar-refractivity contribution in [1.82, 2.24) is 0 Å². The van der Waals surface area contributed by atoms with Gasteiger partial charge in [0, 0.05) is 24.0 Å². The number of halogens is 4. The number of allylic oxidation sites excluding steroid dienone is 1. The minimum absolute atomic E-state index is 0.0916. The number of hydrogen-bond acceptors (Lipinski definition) is 0. The van der Waals surface area contributed by atoms with Crippen molar-refractivity contribution >= 4 is 6.08 Å². The molecule has 0 aliphatic heterocycles. The maximum absolute atomic E-state index is 14.3. The molecule has 3 rings (SSSR count). The molecule has 0 atom stereocenters. The lowest BCUT2D eigenvalue weighted by atomic mass is 9.82. The molecule has 0 N–H and O–H groups in total. The molecule has 1 saturated carbocycles. The second-order valence-electron chi connectivity index (χ2n) is 6.58. The van der Waals surface area contributed by atoms with Gasteiger partial charge in [0.25, 0.3) is 0 Å². The summed E-state index contributed by atoms with van der Waals surface area (Å²) in [6.07, 6.45) is 3.89. The fourth-order valence-electron chi connectivity index (χ4n) is 3.40. The minimum Gasteiger partial charge on any atom is -0.207 e. The summed E-state index contributed by atoms with van der Waals surface area (Å²) in [5.41, 5.74) is 1.97. The molecule has 1 aliphatic carbocycles. The summed E-state index contributed by atoms with van der Waals surface area (Å²) >= 11 is 0. The fourth-order valence-corrected chi connectivity index (χ4v) is 3.40. The summed E-state index contributed by atoms with van der Waals surface area (Å²) < 4.78 is 54.9. The molecule has 4 heteroatoms. The van der Waals surface area contributed by atoms with Crippen molar-refractivity contribution < 1.29 is 17.6 Å². The molecule has 0 amide bonds. The minimum atomic E-state index is -2.55. The van der Waals surface area contributed by atoms with Crippen molar-refractivity contribution in [1.29, 1.82) is 0 Å². The van der Waals surface area contributed by atoms with Gasteiger partial charge in [-0.3, -0.25) is 0 Å². The number of hydrogen-bond donors (Lipinski definition) is 0. The standard InChI is InChI=1S/C21H20F4/c1-2-3-17-8-9-18(20(23)19(17)22)16-6-4-14(5-7-16)15-10-12-21(24,25)13-11-15/h2-9,15H,10-13H2,1H3. The summed E-state index contributed by atoms with van der Waals surface area (Å²) in [5.74, 6) is -4.19. The monoisotopic (exact) mass is 348 g/mol. The molecule has 2 aromatic carbocycles. The van der Waals surface area contributed by atoms with Crippen LogP contribution in [0.25, 0.3) is 17.2 Å². The van der Waals surface area contributed by atoms with Crippen molar-refractivity contribution in [3.8, 4) is 11.1 Å². The molecule has 2 aromatic rings.